The van der Waals surface area contributed by atoms with Gasteiger partial charge < -0.3 is 4.98 Å². The van der Waals surface area contributed by atoms with Crippen LogP contribution in [-0.4, -0.2) is 9.97 Å². The molecule has 0 aliphatic carbocycles. The maximum atomic E-state index is 11.7. The molecule has 0 atom stereocenters. The normalized spacial score (nSPS) is 10.8. The van der Waals surface area contributed by atoms with Gasteiger partial charge in [0.2, 0.25) is 0 Å². The molecule has 2 rings (SSSR count). The van der Waals surface area contributed by atoms with Crippen molar-refractivity contribution < 1.29 is 0 Å². The molecule has 0 aliphatic heterocycles. The minimum atomic E-state index is -0.0593. The standard InChI is InChI=1S/C11H11BrN2O/c1-2-3-10-13-9-6-7(12)4-5-8(9)11(15)14-10/h4-6H,2-3H2,1H3,(H,13,14,15). The van der Waals surface area contributed by atoms with E-state index in [4.69, 9.17) is 0 Å². The van der Waals surface area contributed by atoms with E-state index in [1.165, 1.54) is 0 Å². The Morgan fingerprint density at radius 1 is 1.47 bits per heavy atom. The van der Waals surface area contributed by atoms with Crippen molar-refractivity contribution in [2.24, 2.45) is 0 Å². The number of fused-ring (bicyclic) bond motifs is 1. The number of hydrogen-bond donors (Lipinski definition) is 1. The molecule has 2 aromatic rings. The lowest BCUT2D eigenvalue weighted by atomic mass is 10.2. The van der Waals surface area contributed by atoms with E-state index in [-0.39, 0.29) is 5.56 Å². The molecule has 4 heteroatoms. The predicted molar refractivity (Wildman–Crippen MR) is 64.1 cm³/mol. The number of halogens is 1. The van der Waals surface area contributed by atoms with Gasteiger partial charge in [0.25, 0.3) is 5.56 Å². The molecular weight excluding hydrogens is 256 g/mol. The largest absolute Gasteiger partial charge is 0.310 e. The second kappa shape index (κ2) is 4.14. The molecule has 0 fully saturated rings. The molecule has 1 N–H and O–H groups in total. The summed E-state index contributed by atoms with van der Waals surface area (Å²) in [4.78, 5) is 18.9. The van der Waals surface area contributed by atoms with Crippen LogP contribution in [0, 0.1) is 0 Å². The summed E-state index contributed by atoms with van der Waals surface area (Å²) >= 11 is 3.37. The third-order valence-electron chi connectivity index (χ3n) is 2.20. The van der Waals surface area contributed by atoms with Crippen molar-refractivity contribution in [1.82, 2.24) is 9.97 Å². The zero-order valence-corrected chi connectivity index (χ0v) is 9.97. The third-order valence-corrected chi connectivity index (χ3v) is 2.70. The summed E-state index contributed by atoms with van der Waals surface area (Å²) in [6.07, 6.45) is 1.78. The van der Waals surface area contributed by atoms with Crippen molar-refractivity contribution >= 4 is 26.8 Å². The number of benzene rings is 1. The zero-order valence-electron chi connectivity index (χ0n) is 8.38. The molecular formula is C11H11BrN2O. The highest BCUT2D eigenvalue weighted by molar-refractivity contribution is 9.10. The van der Waals surface area contributed by atoms with E-state index in [2.05, 4.69) is 32.8 Å². The number of hydrogen-bond acceptors (Lipinski definition) is 2. The van der Waals surface area contributed by atoms with Crippen LogP contribution >= 0.6 is 15.9 Å². The van der Waals surface area contributed by atoms with Crippen LogP contribution in [0.2, 0.25) is 0 Å². The van der Waals surface area contributed by atoms with E-state index >= 15 is 0 Å². The van der Waals surface area contributed by atoms with Crippen LogP contribution in [0.15, 0.2) is 27.5 Å². The Morgan fingerprint density at radius 3 is 3.00 bits per heavy atom. The molecule has 0 saturated carbocycles. The van der Waals surface area contributed by atoms with E-state index in [0.29, 0.717) is 5.39 Å². The first kappa shape index (κ1) is 10.4. The molecule has 3 nitrogen and oxygen atoms in total. The van der Waals surface area contributed by atoms with Crippen molar-refractivity contribution in [2.75, 3.05) is 0 Å². The van der Waals surface area contributed by atoms with Crippen LogP contribution in [0.4, 0.5) is 0 Å². The van der Waals surface area contributed by atoms with Gasteiger partial charge >= 0.3 is 0 Å². The zero-order chi connectivity index (χ0) is 10.8. The SMILES string of the molecule is CCCc1nc2cc(Br)ccc2c(=O)[nH]1. The first-order chi connectivity index (χ1) is 7.20. The third kappa shape index (κ3) is 2.09. The number of aryl methyl sites for hydroxylation is 1. The number of aromatic amines is 1. The fraction of sp³-hybridized carbons (Fsp3) is 0.273. The van der Waals surface area contributed by atoms with E-state index in [1.807, 2.05) is 12.1 Å². The van der Waals surface area contributed by atoms with Gasteiger partial charge in [0.15, 0.2) is 0 Å². The van der Waals surface area contributed by atoms with Gasteiger partial charge in [0, 0.05) is 10.9 Å². The van der Waals surface area contributed by atoms with Crippen molar-refractivity contribution in [2.45, 2.75) is 19.8 Å². The maximum absolute atomic E-state index is 11.7. The molecule has 0 aliphatic rings. The lowest BCUT2D eigenvalue weighted by molar-refractivity contribution is 0.837. The lowest BCUT2D eigenvalue weighted by Crippen LogP contribution is -2.11. The molecule has 0 bridgehead atoms. The summed E-state index contributed by atoms with van der Waals surface area (Å²) in [5, 5.41) is 0.637. The van der Waals surface area contributed by atoms with E-state index < -0.39 is 0 Å². The average Bonchev–Trinajstić information content (AvgIpc) is 2.17. The molecule has 0 saturated heterocycles. The Bertz CT molecular complexity index is 548. The average molecular weight is 267 g/mol. The predicted octanol–water partition coefficient (Wildman–Crippen LogP) is 2.64. The fourth-order valence-electron chi connectivity index (χ4n) is 1.52. The number of nitrogens with one attached hydrogen (secondary N) is 1. The van der Waals surface area contributed by atoms with E-state index in [9.17, 15) is 4.79 Å². The van der Waals surface area contributed by atoms with Gasteiger partial charge in [-0.05, 0) is 24.6 Å². The summed E-state index contributed by atoms with van der Waals surface area (Å²) < 4.78 is 0.940. The van der Waals surface area contributed by atoms with Crippen LogP contribution < -0.4 is 5.56 Å². The molecule has 1 aromatic heterocycles. The second-order valence-corrected chi connectivity index (χ2v) is 4.34. The molecule has 1 heterocycles. The van der Waals surface area contributed by atoms with Gasteiger partial charge in [-0.25, -0.2) is 4.98 Å². The Morgan fingerprint density at radius 2 is 2.27 bits per heavy atom. The number of H-pyrrole nitrogens is 1. The Hall–Kier alpha value is -1.16. The first-order valence-electron chi connectivity index (χ1n) is 4.89. The van der Waals surface area contributed by atoms with Gasteiger partial charge in [-0.2, -0.15) is 0 Å². The quantitative estimate of drug-likeness (QED) is 0.909. The summed E-state index contributed by atoms with van der Waals surface area (Å²) in [5.41, 5.74) is 0.688. The fourth-order valence-corrected chi connectivity index (χ4v) is 1.87. The van der Waals surface area contributed by atoms with Crippen molar-refractivity contribution in [3.05, 3.63) is 38.9 Å². The van der Waals surface area contributed by atoms with Crippen LogP contribution in [0.5, 0.6) is 0 Å². The molecule has 0 spiro atoms. The number of rotatable bonds is 2. The maximum Gasteiger partial charge on any atom is 0.258 e. The monoisotopic (exact) mass is 266 g/mol. The molecule has 0 amide bonds. The van der Waals surface area contributed by atoms with Crippen molar-refractivity contribution in [1.29, 1.82) is 0 Å². The van der Waals surface area contributed by atoms with Gasteiger partial charge in [0.1, 0.15) is 5.82 Å². The van der Waals surface area contributed by atoms with Gasteiger partial charge in [-0.15, -0.1) is 0 Å². The highest BCUT2D eigenvalue weighted by Gasteiger charge is 2.03. The Kier molecular flexibility index (Phi) is 2.86. The van der Waals surface area contributed by atoms with Crippen LogP contribution in [0.3, 0.4) is 0 Å². The summed E-state index contributed by atoms with van der Waals surface area (Å²) in [6, 6.07) is 5.49. The van der Waals surface area contributed by atoms with Crippen molar-refractivity contribution in [3.63, 3.8) is 0 Å². The van der Waals surface area contributed by atoms with Gasteiger partial charge in [-0.3, -0.25) is 4.79 Å². The number of nitrogens with zero attached hydrogens (tertiary/aromatic N) is 1. The molecule has 0 unspecified atom stereocenters. The van der Waals surface area contributed by atoms with Crippen LogP contribution in [-0.2, 0) is 6.42 Å². The molecule has 78 valence electrons. The summed E-state index contributed by atoms with van der Waals surface area (Å²) in [5.74, 6) is 0.758. The number of aromatic nitrogens is 2. The van der Waals surface area contributed by atoms with Crippen LogP contribution in [0.1, 0.15) is 19.2 Å². The van der Waals surface area contributed by atoms with E-state index in [0.717, 1.165) is 28.7 Å². The molecule has 1 aromatic carbocycles. The highest BCUT2D eigenvalue weighted by atomic mass is 79.9. The van der Waals surface area contributed by atoms with E-state index in [1.54, 1.807) is 6.07 Å². The second-order valence-electron chi connectivity index (χ2n) is 3.42. The Labute approximate surface area is 95.7 Å². The first-order valence-corrected chi connectivity index (χ1v) is 5.68. The minimum Gasteiger partial charge on any atom is -0.310 e. The van der Waals surface area contributed by atoms with Gasteiger partial charge in [0.05, 0.1) is 10.9 Å². The van der Waals surface area contributed by atoms with Crippen LogP contribution in [0.25, 0.3) is 10.9 Å². The molecule has 0 radical (unpaired) electrons. The molecule has 15 heavy (non-hydrogen) atoms. The highest BCUT2D eigenvalue weighted by Crippen LogP contribution is 2.15. The summed E-state index contributed by atoms with van der Waals surface area (Å²) in [6.45, 7) is 2.06. The van der Waals surface area contributed by atoms with Crippen molar-refractivity contribution in [3.8, 4) is 0 Å². The van der Waals surface area contributed by atoms with Gasteiger partial charge in [-0.1, -0.05) is 22.9 Å². The summed E-state index contributed by atoms with van der Waals surface area (Å²) in [7, 11) is 0. The Balaban J connectivity index is 2.68. The minimum absolute atomic E-state index is 0.0593. The lowest BCUT2D eigenvalue weighted by Gasteiger charge is -2.01. The topological polar surface area (TPSA) is 45.8 Å². The smallest absolute Gasteiger partial charge is 0.258 e.